The molecule has 3 nitrogen and oxygen atoms in total. The predicted octanol–water partition coefficient (Wildman–Crippen LogP) is 2.17. The van der Waals surface area contributed by atoms with Crippen LogP contribution in [0.1, 0.15) is 25.1 Å². The molecule has 4 heteroatoms. The molecule has 0 aromatic carbocycles. The van der Waals surface area contributed by atoms with Gasteiger partial charge in [-0.2, -0.15) is 0 Å². The van der Waals surface area contributed by atoms with Crippen molar-refractivity contribution in [2.24, 2.45) is 5.90 Å². The molecular formula is C9H13ClN2O. The van der Waals surface area contributed by atoms with E-state index in [1.54, 1.807) is 6.07 Å². The van der Waals surface area contributed by atoms with Crippen LogP contribution >= 0.6 is 11.6 Å². The molecule has 1 aromatic heterocycles. The van der Waals surface area contributed by atoms with E-state index < -0.39 is 5.60 Å². The first kappa shape index (κ1) is 10.4. The molecule has 0 unspecified atom stereocenters. The summed E-state index contributed by atoms with van der Waals surface area (Å²) < 4.78 is 0. The van der Waals surface area contributed by atoms with E-state index in [4.69, 9.17) is 22.3 Å². The van der Waals surface area contributed by atoms with Crippen LogP contribution in [0.5, 0.6) is 0 Å². The van der Waals surface area contributed by atoms with Crippen LogP contribution in [0.2, 0.25) is 5.15 Å². The first-order valence-electron chi connectivity index (χ1n) is 3.98. The third-order valence-electron chi connectivity index (χ3n) is 1.91. The number of halogens is 1. The molecule has 2 N–H and O–H groups in total. The smallest absolute Gasteiger partial charge is 0.129 e. The first-order chi connectivity index (χ1) is 5.95. The number of hydrogen-bond acceptors (Lipinski definition) is 3. The van der Waals surface area contributed by atoms with Crippen molar-refractivity contribution in [3.63, 3.8) is 0 Å². The van der Waals surface area contributed by atoms with E-state index in [-0.39, 0.29) is 0 Å². The van der Waals surface area contributed by atoms with Gasteiger partial charge in [-0.3, -0.25) is 4.84 Å². The Morgan fingerprint density at radius 1 is 1.46 bits per heavy atom. The van der Waals surface area contributed by atoms with Crippen LogP contribution in [0.25, 0.3) is 0 Å². The summed E-state index contributed by atoms with van der Waals surface area (Å²) in [5.74, 6) is 5.17. The third-order valence-corrected chi connectivity index (χ3v) is 2.11. The maximum absolute atomic E-state index is 5.81. The highest BCUT2D eigenvalue weighted by atomic mass is 35.5. The molecule has 0 bridgehead atoms. The van der Waals surface area contributed by atoms with Gasteiger partial charge in [0.15, 0.2) is 0 Å². The van der Waals surface area contributed by atoms with Crippen molar-refractivity contribution < 1.29 is 4.84 Å². The molecule has 0 radical (unpaired) electrons. The van der Waals surface area contributed by atoms with Gasteiger partial charge in [0.25, 0.3) is 0 Å². The summed E-state index contributed by atoms with van der Waals surface area (Å²) >= 11 is 5.81. The second kappa shape index (κ2) is 3.62. The van der Waals surface area contributed by atoms with Crippen molar-refractivity contribution in [2.45, 2.75) is 26.4 Å². The van der Waals surface area contributed by atoms with Crippen molar-refractivity contribution in [3.05, 3.63) is 28.5 Å². The minimum atomic E-state index is -0.530. The van der Waals surface area contributed by atoms with E-state index in [0.29, 0.717) is 5.15 Å². The Morgan fingerprint density at radius 3 is 2.54 bits per heavy atom. The number of rotatable bonds is 2. The Labute approximate surface area is 82.8 Å². The number of nitrogens with zero attached hydrogens (tertiary/aromatic N) is 1. The standard InChI is InChI=1S/C9H13ClN2O/c1-6-4-7(5-8(10)12-6)9(2,3)13-11/h4-5H,11H2,1-3H3. The van der Waals surface area contributed by atoms with Crippen LogP contribution in [0.4, 0.5) is 0 Å². The monoisotopic (exact) mass is 200 g/mol. The summed E-state index contributed by atoms with van der Waals surface area (Å²) in [7, 11) is 0. The van der Waals surface area contributed by atoms with Crippen LogP contribution in [0, 0.1) is 6.92 Å². The van der Waals surface area contributed by atoms with Gasteiger partial charge < -0.3 is 0 Å². The van der Waals surface area contributed by atoms with Crippen LogP contribution < -0.4 is 5.90 Å². The summed E-state index contributed by atoms with van der Waals surface area (Å²) in [5.41, 5.74) is 1.25. The van der Waals surface area contributed by atoms with E-state index in [1.807, 2.05) is 26.8 Å². The molecule has 13 heavy (non-hydrogen) atoms. The van der Waals surface area contributed by atoms with Crippen molar-refractivity contribution in [3.8, 4) is 0 Å². The van der Waals surface area contributed by atoms with Crippen LogP contribution in [-0.4, -0.2) is 4.98 Å². The maximum atomic E-state index is 5.81. The largest absolute Gasteiger partial charge is 0.294 e. The van der Waals surface area contributed by atoms with E-state index in [1.165, 1.54) is 0 Å². The van der Waals surface area contributed by atoms with Crippen LogP contribution in [-0.2, 0) is 10.4 Å². The molecule has 0 atom stereocenters. The fraction of sp³-hybridized carbons (Fsp3) is 0.444. The highest BCUT2D eigenvalue weighted by molar-refractivity contribution is 6.29. The SMILES string of the molecule is Cc1cc(C(C)(C)ON)cc(Cl)n1. The minimum absolute atomic E-state index is 0.458. The van der Waals surface area contributed by atoms with Crippen molar-refractivity contribution in [1.82, 2.24) is 4.98 Å². The Morgan fingerprint density at radius 2 is 2.08 bits per heavy atom. The fourth-order valence-corrected chi connectivity index (χ4v) is 1.29. The molecule has 0 saturated carbocycles. The van der Waals surface area contributed by atoms with E-state index >= 15 is 0 Å². The molecule has 1 rings (SSSR count). The second-order valence-electron chi connectivity index (χ2n) is 3.45. The molecule has 0 fully saturated rings. The Hall–Kier alpha value is -0.640. The minimum Gasteiger partial charge on any atom is -0.294 e. The van der Waals surface area contributed by atoms with Gasteiger partial charge in [-0.25, -0.2) is 10.9 Å². The molecule has 1 aromatic rings. The van der Waals surface area contributed by atoms with Gasteiger partial charge in [0.2, 0.25) is 0 Å². The molecule has 0 amide bonds. The normalized spacial score (nSPS) is 11.8. The quantitative estimate of drug-likeness (QED) is 0.588. The molecule has 0 spiro atoms. The summed E-state index contributed by atoms with van der Waals surface area (Å²) in [6.07, 6.45) is 0. The average molecular weight is 201 g/mol. The van der Waals surface area contributed by atoms with Gasteiger partial charge in [0.05, 0.1) is 0 Å². The lowest BCUT2D eigenvalue weighted by Crippen LogP contribution is -2.25. The highest BCUT2D eigenvalue weighted by Gasteiger charge is 2.21. The topological polar surface area (TPSA) is 48.1 Å². The van der Waals surface area contributed by atoms with E-state index in [9.17, 15) is 0 Å². The summed E-state index contributed by atoms with van der Waals surface area (Å²) in [6.45, 7) is 5.62. The molecule has 0 aliphatic heterocycles. The van der Waals surface area contributed by atoms with Gasteiger partial charge >= 0.3 is 0 Å². The van der Waals surface area contributed by atoms with Gasteiger partial charge in [0.1, 0.15) is 10.8 Å². The second-order valence-corrected chi connectivity index (χ2v) is 3.84. The average Bonchev–Trinajstić information content (AvgIpc) is 2.02. The zero-order valence-corrected chi connectivity index (χ0v) is 8.72. The summed E-state index contributed by atoms with van der Waals surface area (Å²) in [6, 6.07) is 3.65. The first-order valence-corrected chi connectivity index (χ1v) is 4.36. The van der Waals surface area contributed by atoms with Gasteiger partial charge in [-0.1, -0.05) is 11.6 Å². The molecule has 0 saturated heterocycles. The molecule has 1 heterocycles. The summed E-state index contributed by atoms with van der Waals surface area (Å²) in [5, 5.41) is 0.458. The molecule has 0 aliphatic rings. The van der Waals surface area contributed by atoms with Crippen molar-refractivity contribution in [1.29, 1.82) is 0 Å². The zero-order valence-electron chi connectivity index (χ0n) is 7.97. The third kappa shape index (κ3) is 2.40. The van der Waals surface area contributed by atoms with Gasteiger partial charge in [0, 0.05) is 5.69 Å². The lowest BCUT2D eigenvalue weighted by molar-refractivity contribution is -0.0237. The number of hydrogen-bond donors (Lipinski definition) is 1. The van der Waals surface area contributed by atoms with Crippen LogP contribution in [0.3, 0.4) is 0 Å². The van der Waals surface area contributed by atoms with Crippen LogP contribution in [0.15, 0.2) is 12.1 Å². The number of pyridine rings is 1. The predicted molar refractivity (Wildman–Crippen MR) is 52.3 cm³/mol. The lowest BCUT2D eigenvalue weighted by atomic mass is 9.99. The molecule has 72 valence electrons. The maximum Gasteiger partial charge on any atom is 0.129 e. The van der Waals surface area contributed by atoms with Gasteiger partial charge in [-0.15, -0.1) is 0 Å². The summed E-state index contributed by atoms with van der Waals surface area (Å²) in [4.78, 5) is 8.90. The Balaban J connectivity index is 3.15. The zero-order chi connectivity index (χ0) is 10.1. The number of nitrogens with two attached hydrogens (primary N) is 1. The number of aromatic nitrogens is 1. The van der Waals surface area contributed by atoms with Crippen molar-refractivity contribution in [2.75, 3.05) is 0 Å². The molecule has 0 aliphatic carbocycles. The Kier molecular flexibility index (Phi) is 2.91. The number of aryl methyl sites for hydroxylation is 1. The highest BCUT2D eigenvalue weighted by Crippen LogP contribution is 2.25. The lowest BCUT2D eigenvalue weighted by Gasteiger charge is -2.22. The van der Waals surface area contributed by atoms with Gasteiger partial charge in [-0.05, 0) is 38.5 Å². The molecular weight excluding hydrogens is 188 g/mol. The Bertz CT molecular complexity index is 292. The van der Waals surface area contributed by atoms with E-state index in [2.05, 4.69) is 4.98 Å². The van der Waals surface area contributed by atoms with Crippen molar-refractivity contribution >= 4 is 11.6 Å². The fourth-order valence-electron chi connectivity index (χ4n) is 1.04. The van der Waals surface area contributed by atoms with E-state index in [0.717, 1.165) is 11.3 Å².